The Labute approximate surface area is 177 Å². The maximum atomic E-state index is 13.6. The Kier molecular flexibility index (Phi) is 4.25. The maximum Gasteiger partial charge on any atom is 0.269 e. The molecule has 0 aromatic heterocycles. The van der Waals surface area contributed by atoms with Crippen LogP contribution in [0.4, 0.5) is 5.69 Å². The molecule has 2 amide bonds. The van der Waals surface area contributed by atoms with Crippen molar-refractivity contribution in [1.82, 2.24) is 9.80 Å². The molecule has 2 aromatic rings. The van der Waals surface area contributed by atoms with E-state index < -0.39 is 28.8 Å². The molecule has 8 nitrogen and oxygen atoms in total. The number of carbonyl (C=O) groups excluding carboxylic acids is 3. The number of imide groups is 1. The number of likely N-dealkylation sites (tertiary alicyclic amines) is 1. The zero-order valence-corrected chi connectivity index (χ0v) is 16.7. The summed E-state index contributed by atoms with van der Waals surface area (Å²) in [4.78, 5) is 53.4. The van der Waals surface area contributed by atoms with Gasteiger partial charge in [0.15, 0.2) is 5.78 Å². The standard InChI is InChI=1S/C23H19N3O5/c1-2-24-22(28)17-18(23(24)29)20(21(27)14-7-9-15(10-8-14)26(30)31)25-12-11-13-5-3-4-6-16(13)19(17)25/h3-12,17-20H,2H2,1H3/t17-,18+,19+,20-/m1/s1. The number of hydrogen-bond acceptors (Lipinski definition) is 6. The minimum atomic E-state index is -0.853. The van der Waals surface area contributed by atoms with E-state index in [2.05, 4.69) is 0 Å². The van der Waals surface area contributed by atoms with Crippen molar-refractivity contribution in [2.24, 2.45) is 11.8 Å². The van der Waals surface area contributed by atoms with Crippen LogP contribution in [-0.2, 0) is 9.59 Å². The molecule has 0 saturated carbocycles. The first-order chi connectivity index (χ1) is 14.9. The van der Waals surface area contributed by atoms with Crippen molar-refractivity contribution in [1.29, 1.82) is 0 Å². The predicted octanol–water partition coefficient (Wildman–Crippen LogP) is 2.81. The van der Waals surface area contributed by atoms with Crippen molar-refractivity contribution in [3.8, 4) is 0 Å². The molecule has 0 unspecified atom stereocenters. The molecule has 4 atom stereocenters. The Morgan fingerprint density at radius 2 is 1.71 bits per heavy atom. The lowest BCUT2D eigenvalue weighted by atomic mass is 9.83. The second-order valence-electron chi connectivity index (χ2n) is 7.92. The smallest absolute Gasteiger partial charge is 0.269 e. The summed E-state index contributed by atoms with van der Waals surface area (Å²) in [6, 6.07) is 11.8. The molecule has 2 aromatic carbocycles. The number of fused-ring (bicyclic) bond motifs is 5. The Balaban J connectivity index is 1.61. The molecule has 0 N–H and O–H groups in total. The summed E-state index contributed by atoms with van der Waals surface area (Å²) >= 11 is 0. The number of rotatable bonds is 4. The third-order valence-corrected chi connectivity index (χ3v) is 6.50. The summed E-state index contributed by atoms with van der Waals surface area (Å²) in [6.45, 7) is 2.00. The van der Waals surface area contributed by atoms with Gasteiger partial charge in [0.25, 0.3) is 5.69 Å². The zero-order chi connectivity index (χ0) is 21.9. The van der Waals surface area contributed by atoms with Crippen molar-refractivity contribution in [2.45, 2.75) is 19.0 Å². The molecular formula is C23H19N3O5. The fourth-order valence-electron chi connectivity index (χ4n) is 5.15. The molecular weight excluding hydrogens is 398 g/mol. The van der Waals surface area contributed by atoms with Crippen molar-refractivity contribution in [3.63, 3.8) is 0 Å². The molecule has 0 bridgehead atoms. The first-order valence-corrected chi connectivity index (χ1v) is 10.1. The minimum absolute atomic E-state index is 0.116. The van der Waals surface area contributed by atoms with Crippen LogP contribution in [0.15, 0.2) is 54.7 Å². The molecule has 2 fully saturated rings. The third kappa shape index (κ3) is 2.64. The Morgan fingerprint density at radius 3 is 2.39 bits per heavy atom. The van der Waals surface area contributed by atoms with Gasteiger partial charge in [-0.2, -0.15) is 0 Å². The maximum absolute atomic E-state index is 13.6. The Morgan fingerprint density at radius 1 is 1.03 bits per heavy atom. The van der Waals surface area contributed by atoms with Crippen LogP contribution in [0.5, 0.6) is 0 Å². The summed E-state index contributed by atoms with van der Waals surface area (Å²) in [5.41, 5.74) is 2.03. The fourth-order valence-corrected chi connectivity index (χ4v) is 5.15. The lowest BCUT2D eigenvalue weighted by molar-refractivity contribution is -0.384. The van der Waals surface area contributed by atoms with Gasteiger partial charge in [-0.05, 0) is 36.3 Å². The average molecular weight is 417 g/mol. The summed E-state index contributed by atoms with van der Waals surface area (Å²) in [5, 5.41) is 11.0. The van der Waals surface area contributed by atoms with Crippen LogP contribution < -0.4 is 0 Å². The Bertz CT molecular complexity index is 1160. The molecule has 2 saturated heterocycles. The van der Waals surface area contributed by atoms with Gasteiger partial charge >= 0.3 is 0 Å². The van der Waals surface area contributed by atoms with Crippen molar-refractivity contribution < 1.29 is 19.3 Å². The number of non-ortho nitro benzene ring substituents is 1. The van der Waals surface area contributed by atoms with Crippen LogP contribution >= 0.6 is 0 Å². The van der Waals surface area contributed by atoms with E-state index in [1.807, 2.05) is 35.2 Å². The summed E-state index contributed by atoms with van der Waals surface area (Å²) in [5.74, 6) is -2.35. The van der Waals surface area contributed by atoms with Gasteiger partial charge in [0.2, 0.25) is 11.8 Å². The fraction of sp³-hybridized carbons (Fsp3) is 0.261. The van der Waals surface area contributed by atoms with E-state index in [0.717, 1.165) is 11.1 Å². The number of ketones is 1. The highest BCUT2D eigenvalue weighted by atomic mass is 16.6. The normalized spacial score (nSPS) is 26.0. The summed E-state index contributed by atoms with van der Waals surface area (Å²) < 4.78 is 0. The number of Topliss-reactive ketones (excluding diaryl/α,β-unsaturated/α-hetero) is 1. The molecule has 31 heavy (non-hydrogen) atoms. The van der Waals surface area contributed by atoms with Crippen molar-refractivity contribution in [2.75, 3.05) is 6.54 Å². The lowest BCUT2D eigenvalue weighted by Gasteiger charge is -2.35. The molecule has 0 spiro atoms. The molecule has 0 radical (unpaired) electrons. The van der Waals surface area contributed by atoms with Crippen LogP contribution in [0.3, 0.4) is 0 Å². The molecule has 3 heterocycles. The second-order valence-corrected chi connectivity index (χ2v) is 7.92. The van der Waals surface area contributed by atoms with Gasteiger partial charge in [0.1, 0.15) is 6.04 Å². The first-order valence-electron chi connectivity index (χ1n) is 10.1. The van der Waals surface area contributed by atoms with Gasteiger partial charge in [0, 0.05) is 30.4 Å². The average Bonchev–Trinajstić information content (AvgIpc) is 3.25. The van der Waals surface area contributed by atoms with E-state index in [-0.39, 0.29) is 35.4 Å². The van der Waals surface area contributed by atoms with Gasteiger partial charge in [0.05, 0.1) is 22.8 Å². The van der Waals surface area contributed by atoms with Gasteiger partial charge < -0.3 is 4.90 Å². The highest BCUT2D eigenvalue weighted by molar-refractivity contribution is 6.12. The van der Waals surface area contributed by atoms with Gasteiger partial charge in [-0.15, -0.1) is 0 Å². The van der Waals surface area contributed by atoms with E-state index in [1.54, 1.807) is 13.1 Å². The van der Waals surface area contributed by atoms with E-state index >= 15 is 0 Å². The van der Waals surface area contributed by atoms with Crippen LogP contribution in [0.1, 0.15) is 34.5 Å². The van der Waals surface area contributed by atoms with Crippen LogP contribution in [0, 0.1) is 22.0 Å². The van der Waals surface area contributed by atoms with Crippen LogP contribution in [0.2, 0.25) is 0 Å². The molecule has 3 aliphatic heterocycles. The van der Waals surface area contributed by atoms with E-state index in [1.165, 1.54) is 29.2 Å². The summed E-state index contributed by atoms with van der Waals surface area (Å²) in [6.07, 6.45) is 3.67. The van der Waals surface area contributed by atoms with E-state index in [0.29, 0.717) is 0 Å². The molecule has 156 valence electrons. The third-order valence-electron chi connectivity index (χ3n) is 6.50. The molecule has 8 heteroatoms. The van der Waals surface area contributed by atoms with E-state index in [9.17, 15) is 24.5 Å². The van der Waals surface area contributed by atoms with Crippen LogP contribution in [0.25, 0.3) is 6.08 Å². The van der Waals surface area contributed by atoms with Gasteiger partial charge in [-0.25, -0.2) is 0 Å². The number of amides is 2. The van der Waals surface area contributed by atoms with Gasteiger partial charge in [-0.3, -0.25) is 29.4 Å². The number of nitrogens with zero attached hydrogens (tertiary/aromatic N) is 3. The molecule has 0 aliphatic carbocycles. The highest BCUT2D eigenvalue weighted by Gasteiger charge is 2.63. The molecule has 3 aliphatic rings. The summed E-state index contributed by atoms with van der Waals surface area (Å²) in [7, 11) is 0. The monoisotopic (exact) mass is 417 g/mol. The number of benzene rings is 2. The first kappa shape index (κ1) is 19.2. The number of nitro groups is 1. The van der Waals surface area contributed by atoms with E-state index in [4.69, 9.17) is 0 Å². The number of nitro benzene ring substituents is 1. The van der Waals surface area contributed by atoms with Gasteiger partial charge in [-0.1, -0.05) is 24.3 Å². The van der Waals surface area contributed by atoms with Crippen molar-refractivity contribution >= 4 is 29.4 Å². The SMILES string of the molecule is CCN1C(=O)[C@@H]2[C@H](C1=O)[C@H](C(=O)c1ccc([N+](=O)[O-])cc1)N1C=Cc3ccccc3[C@@H]21. The minimum Gasteiger partial charge on any atom is -0.358 e. The number of carbonyl (C=O) groups is 3. The quantitative estimate of drug-likeness (QED) is 0.328. The highest BCUT2D eigenvalue weighted by Crippen LogP contribution is 2.53. The topological polar surface area (TPSA) is 101 Å². The number of hydrogen-bond donors (Lipinski definition) is 0. The Hall–Kier alpha value is -3.81. The zero-order valence-electron chi connectivity index (χ0n) is 16.7. The second kappa shape index (κ2) is 6.87. The lowest BCUT2D eigenvalue weighted by Crippen LogP contribution is -2.44. The molecule has 5 rings (SSSR count). The largest absolute Gasteiger partial charge is 0.358 e. The van der Waals surface area contributed by atoms with Crippen LogP contribution in [-0.4, -0.2) is 44.9 Å². The predicted molar refractivity (Wildman–Crippen MR) is 111 cm³/mol. The van der Waals surface area contributed by atoms with Crippen molar-refractivity contribution in [3.05, 3.63) is 81.5 Å².